The van der Waals surface area contributed by atoms with Gasteiger partial charge in [-0.3, -0.25) is 9.80 Å². The van der Waals surface area contributed by atoms with Crippen molar-refractivity contribution in [3.05, 3.63) is 84.9 Å². The Labute approximate surface area is 201 Å². The fraction of sp³-hybridized carbons (Fsp3) is 0.308. The van der Waals surface area contributed by atoms with Gasteiger partial charge < -0.3 is 9.64 Å². The molecule has 2 aliphatic heterocycles. The van der Waals surface area contributed by atoms with E-state index in [0.717, 1.165) is 37.3 Å². The van der Waals surface area contributed by atoms with E-state index in [1.54, 1.807) is 12.5 Å². The molecule has 1 fully saturated rings. The third-order valence-corrected chi connectivity index (χ3v) is 5.44. The van der Waals surface area contributed by atoms with Crippen LogP contribution in [0.5, 0.6) is 0 Å². The summed E-state index contributed by atoms with van der Waals surface area (Å²) in [4.78, 5) is 25.0. The third-order valence-electron chi connectivity index (χ3n) is 5.44. The highest BCUT2D eigenvalue weighted by Crippen LogP contribution is 2.28. The maximum atomic E-state index is 5.55. The fourth-order valence-corrected chi connectivity index (χ4v) is 3.70. The lowest BCUT2D eigenvalue weighted by molar-refractivity contribution is 0.122. The zero-order chi connectivity index (χ0) is 23.6. The lowest BCUT2D eigenvalue weighted by atomic mass is 10.1. The predicted octanol–water partition coefficient (Wildman–Crippen LogP) is 4.31. The molecule has 0 amide bonds. The van der Waals surface area contributed by atoms with Crippen LogP contribution in [0.4, 0.5) is 17.8 Å². The zero-order valence-electron chi connectivity index (χ0n) is 19.6. The number of hydrogen-bond acceptors (Lipinski definition) is 8. The first-order valence-electron chi connectivity index (χ1n) is 11.6. The number of anilines is 3. The minimum Gasteiger partial charge on any atom is -0.378 e. The molecule has 0 bridgehead atoms. The van der Waals surface area contributed by atoms with Gasteiger partial charge in [-0.15, -0.1) is 0 Å². The highest BCUT2D eigenvalue weighted by molar-refractivity contribution is 5.78. The maximum absolute atomic E-state index is 5.55. The molecule has 8 nitrogen and oxygen atoms in total. The molecule has 3 heterocycles. The molecule has 1 aliphatic carbocycles. The topological polar surface area (TPSA) is 70.0 Å². The van der Waals surface area contributed by atoms with E-state index in [-0.39, 0.29) is 0 Å². The summed E-state index contributed by atoms with van der Waals surface area (Å²) < 4.78 is 5.55. The summed E-state index contributed by atoms with van der Waals surface area (Å²) in [5.41, 5.74) is 1.85. The summed E-state index contributed by atoms with van der Waals surface area (Å²) >= 11 is 0. The fourth-order valence-electron chi connectivity index (χ4n) is 3.70. The van der Waals surface area contributed by atoms with E-state index in [0.29, 0.717) is 37.6 Å². The van der Waals surface area contributed by atoms with E-state index in [1.807, 2.05) is 53.2 Å². The summed E-state index contributed by atoms with van der Waals surface area (Å²) in [5, 5.41) is 0. The molecule has 8 heteroatoms. The van der Waals surface area contributed by atoms with Crippen molar-refractivity contribution >= 4 is 24.2 Å². The largest absolute Gasteiger partial charge is 0.378 e. The second-order valence-electron chi connectivity index (χ2n) is 7.79. The molecular formula is C26H31N7O. The molecule has 0 atom stereocenters. The Kier molecular flexibility index (Phi) is 8.18. The second-order valence-corrected chi connectivity index (χ2v) is 7.79. The van der Waals surface area contributed by atoms with Gasteiger partial charge in [0.1, 0.15) is 0 Å². The van der Waals surface area contributed by atoms with Gasteiger partial charge in [0.15, 0.2) is 0 Å². The molecule has 3 aliphatic rings. The molecule has 0 N–H and O–H groups in total. The number of rotatable bonds is 7. The number of ether oxygens (including phenoxy) is 1. The van der Waals surface area contributed by atoms with Crippen LogP contribution in [0.25, 0.3) is 0 Å². The maximum Gasteiger partial charge on any atom is 0.241 e. The Morgan fingerprint density at radius 3 is 2.71 bits per heavy atom. The predicted molar refractivity (Wildman–Crippen MR) is 139 cm³/mol. The lowest BCUT2D eigenvalue weighted by Crippen LogP contribution is -2.38. The number of aliphatic imine (C=N–C) groups is 1. The van der Waals surface area contributed by atoms with Gasteiger partial charge in [-0.2, -0.15) is 15.0 Å². The molecular weight excluding hydrogens is 426 g/mol. The van der Waals surface area contributed by atoms with E-state index in [4.69, 9.17) is 19.7 Å². The minimum atomic E-state index is 0.533. The highest BCUT2D eigenvalue weighted by Gasteiger charge is 2.24. The van der Waals surface area contributed by atoms with E-state index in [1.165, 1.54) is 0 Å². The first-order chi connectivity index (χ1) is 16.8. The van der Waals surface area contributed by atoms with Crippen LogP contribution < -0.4 is 14.7 Å². The van der Waals surface area contributed by atoms with E-state index >= 15 is 0 Å². The number of nitrogens with zero attached hydrogens (tertiary/aromatic N) is 7. The van der Waals surface area contributed by atoms with E-state index < -0.39 is 0 Å². The monoisotopic (exact) mass is 457 g/mol. The molecule has 34 heavy (non-hydrogen) atoms. The van der Waals surface area contributed by atoms with Crippen molar-refractivity contribution in [2.24, 2.45) is 4.99 Å². The lowest BCUT2D eigenvalue weighted by Gasteiger charge is -2.30. The minimum absolute atomic E-state index is 0.533. The molecule has 176 valence electrons. The number of allylic oxidation sites excluding steroid dienone is 9. The van der Waals surface area contributed by atoms with E-state index in [2.05, 4.69) is 40.8 Å². The van der Waals surface area contributed by atoms with Gasteiger partial charge in [0.25, 0.3) is 0 Å². The Bertz CT molecular complexity index is 1070. The van der Waals surface area contributed by atoms with Crippen LogP contribution in [0.15, 0.2) is 89.9 Å². The van der Waals surface area contributed by atoms with Crippen molar-refractivity contribution in [1.82, 2.24) is 15.0 Å². The zero-order valence-corrected chi connectivity index (χ0v) is 19.6. The van der Waals surface area contributed by atoms with E-state index in [9.17, 15) is 0 Å². The first-order valence-corrected chi connectivity index (χ1v) is 11.6. The summed E-state index contributed by atoms with van der Waals surface area (Å²) in [7, 11) is 0. The molecule has 1 aromatic heterocycles. The number of hydrogen-bond donors (Lipinski definition) is 0. The third kappa shape index (κ3) is 5.77. The second kappa shape index (κ2) is 11.9. The van der Waals surface area contributed by atoms with Crippen molar-refractivity contribution < 1.29 is 4.74 Å². The molecule has 1 saturated heterocycles. The molecule has 0 spiro atoms. The van der Waals surface area contributed by atoms with Crippen LogP contribution in [0.2, 0.25) is 0 Å². The average molecular weight is 458 g/mol. The molecule has 0 radical (unpaired) electrons. The van der Waals surface area contributed by atoms with Gasteiger partial charge in [-0.1, -0.05) is 43.0 Å². The summed E-state index contributed by atoms with van der Waals surface area (Å²) in [6.07, 6.45) is 25.8. The summed E-state index contributed by atoms with van der Waals surface area (Å²) in [6, 6.07) is 0. The normalized spacial score (nSPS) is 20.6. The Hall–Kier alpha value is -3.78. The van der Waals surface area contributed by atoms with Crippen LogP contribution in [0.1, 0.15) is 19.8 Å². The Morgan fingerprint density at radius 1 is 1.09 bits per heavy atom. The molecule has 4 rings (SSSR count). The van der Waals surface area contributed by atoms with Crippen LogP contribution in [-0.4, -0.2) is 54.1 Å². The number of aromatic nitrogens is 3. The van der Waals surface area contributed by atoms with Gasteiger partial charge in [-0.25, -0.2) is 4.99 Å². The Morgan fingerprint density at radius 2 is 1.94 bits per heavy atom. The van der Waals surface area contributed by atoms with Crippen LogP contribution in [-0.2, 0) is 4.74 Å². The van der Waals surface area contributed by atoms with Crippen molar-refractivity contribution in [1.29, 1.82) is 0 Å². The molecule has 1 aromatic rings. The van der Waals surface area contributed by atoms with Gasteiger partial charge in [0.2, 0.25) is 17.8 Å². The molecule has 0 aromatic carbocycles. The molecule has 0 unspecified atom stereocenters. The van der Waals surface area contributed by atoms with Crippen molar-refractivity contribution in [2.75, 3.05) is 47.5 Å². The van der Waals surface area contributed by atoms with Crippen LogP contribution in [0.3, 0.4) is 0 Å². The number of morpholine rings is 1. The Balaban J connectivity index is 1.85. The van der Waals surface area contributed by atoms with Gasteiger partial charge >= 0.3 is 0 Å². The highest BCUT2D eigenvalue weighted by atomic mass is 16.5. The van der Waals surface area contributed by atoms with Crippen molar-refractivity contribution in [2.45, 2.75) is 19.8 Å². The summed E-state index contributed by atoms with van der Waals surface area (Å²) in [6.45, 7) is 9.46. The molecule has 0 saturated carbocycles. The smallest absolute Gasteiger partial charge is 0.241 e. The van der Waals surface area contributed by atoms with Gasteiger partial charge in [-0.05, 0) is 44.1 Å². The SMILES string of the molecule is C=C/C(=C\C=C/C)N(C1=CCC/C=C\C=C/1)c1nc(N2C=NC=CC2)nc(N2CCOCC2)n1. The standard InChI is InChI=1S/C26H31N7O/c1-3-5-12-22(4-2)33(23-13-9-7-6-8-10-14-23)26-29-24(31-17-19-34-20-18-31)28-25(30-26)32-16-11-15-27-21-32/h3-7,9,11-15,21H,2,8,10,16-20H2,1H3/b5-3-,7-6-,13-9-,22-12+,23-14?. The van der Waals surface area contributed by atoms with Crippen molar-refractivity contribution in [3.63, 3.8) is 0 Å². The van der Waals surface area contributed by atoms with Crippen molar-refractivity contribution in [3.8, 4) is 0 Å². The summed E-state index contributed by atoms with van der Waals surface area (Å²) in [5.74, 6) is 1.71. The van der Waals surface area contributed by atoms with Gasteiger partial charge in [0.05, 0.1) is 19.6 Å². The van der Waals surface area contributed by atoms with Gasteiger partial charge in [0, 0.05) is 37.2 Å². The quantitative estimate of drug-likeness (QED) is 0.565. The first kappa shape index (κ1) is 23.4. The van der Waals surface area contributed by atoms with Crippen LogP contribution in [0, 0.1) is 0 Å². The van der Waals surface area contributed by atoms with Crippen LogP contribution >= 0.6 is 0 Å². The average Bonchev–Trinajstić information content (AvgIpc) is 2.88.